The van der Waals surface area contributed by atoms with E-state index in [0.29, 0.717) is 30.8 Å². The number of piperazine rings is 1. The standard InChI is InChI=1S/C26H35N3O3S/c1-20-8-9-25(18-22(20)3)33(31,32)29-12-10-23(11-13-29)26(30)28-16-14-27(15-17-28)19-24-7-5-4-6-21(24)2/h4-9,18,23H,10-17,19H2,1-3H3. The minimum Gasteiger partial charge on any atom is -0.340 e. The number of carbonyl (C=O) groups excluding carboxylic acids is 1. The van der Waals surface area contributed by atoms with Gasteiger partial charge < -0.3 is 4.90 Å². The van der Waals surface area contributed by atoms with Crippen LogP contribution in [0.5, 0.6) is 0 Å². The van der Waals surface area contributed by atoms with Crippen LogP contribution in [0.25, 0.3) is 0 Å². The fourth-order valence-electron chi connectivity index (χ4n) is 4.78. The molecule has 4 rings (SSSR count). The topological polar surface area (TPSA) is 60.9 Å². The number of piperidine rings is 1. The molecule has 2 aliphatic heterocycles. The zero-order chi connectivity index (χ0) is 23.6. The van der Waals surface area contributed by atoms with Gasteiger partial charge in [0, 0.05) is 51.7 Å². The molecule has 0 unspecified atom stereocenters. The second-order valence-corrected chi connectivity index (χ2v) is 11.4. The summed E-state index contributed by atoms with van der Waals surface area (Å²) in [6.07, 6.45) is 1.18. The lowest BCUT2D eigenvalue weighted by molar-refractivity contribution is -0.138. The van der Waals surface area contributed by atoms with Crippen molar-refractivity contribution in [2.45, 2.75) is 45.1 Å². The van der Waals surface area contributed by atoms with Crippen LogP contribution < -0.4 is 0 Å². The maximum atomic E-state index is 13.1. The van der Waals surface area contributed by atoms with Crippen molar-refractivity contribution in [3.05, 3.63) is 64.7 Å². The molecule has 1 amide bonds. The Kier molecular flexibility index (Phi) is 7.22. The van der Waals surface area contributed by atoms with Crippen LogP contribution >= 0.6 is 0 Å². The van der Waals surface area contributed by atoms with Crippen molar-refractivity contribution in [3.8, 4) is 0 Å². The Hall–Kier alpha value is -2.22. The second kappa shape index (κ2) is 9.95. The molecule has 0 atom stereocenters. The Balaban J connectivity index is 1.29. The summed E-state index contributed by atoms with van der Waals surface area (Å²) in [4.78, 5) is 17.9. The molecule has 2 aromatic rings. The maximum absolute atomic E-state index is 13.1. The van der Waals surface area contributed by atoms with Gasteiger partial charge in [0.2, 0.25) is 15.9 Å². The van der Waals surface area contributed by atoms with E-state index in [4.69, 9.17) is 0 Å². The Labute approximate surface area is 198 Å². The van der Waals surface area contributed by atoms with E-state index in [9.17, 15) is 13.2 Å². The third-order valence-electron chi connectivity index (χ3n) is 7.26. The van der Waals surface area contributed by atoms with Crippen LogP contribution in [0.1, 0.15) is 35.1 Å². The molecule has 2 saturated heterocycles. The van der Waals surface area contributed by atoms with Crippen LogP contribution in [0.3, 0.4) is 0 Å². The van der Waals surface area contributed by atoms with Crippen LogP contribution in [0.2, 0.25) is 0 Å². The molecule has 0 N–H and O–H groups in total. The summed E-state index contributed by atoms with van der Waals surface area (Å²) in [5, 5.41) is 0. The number of aryl methyl sites for hydroxylation is 3. The third kappa shape index (κ3) is 5.31. The largest absolute Gasteiger partial charge is 0.340 e. The first-order valence-corrected chi connectivity index (χ1v) is 13.3. The van der Waals surface area contributed by atoms with Crippen molar-refractivity contribution in [1.82, 2.24) is 14.1 Å². The molecule has 0 aromatic heterocycles. The molecule has 0 saturated carbocycles. The fourth-order valence-corrected chi connectivity index (χ4v) is 6.33. The van der Waals surface area contributed by atoms with Gasteiger partial charge in [-0.25, -0.2) is 8.42 Å². The van der Waals surface area contributed by atoms with E-state index in [0.717, 1.165) is 43.9 Å². The van der Waals surface area contributed by atoms with Crippen molar-refractivity contribution >= 4 is 15.9 Å². The summed E-state index contributed by atoms with van der Waals surface area (Å²) in [5.74, 6) is 0.105. The highest BCUT2D eigenvalue weighted by Gasteiger charge is 2.34. The molecular weight excluding hydrogens is 434 g/mol. The van der Waals surface area contributed by atoms with Crippen molar-refractivity contribution in [3.63, 3.8) is 0 Å². The molecule has 0 spiro atoms. The van der Waals surface area contributed by atoms with E-state index in [1.165, 1.54) is 11.1 Å². The number of carbonyl (C=O) groups is 1. The van der Waals surface area contributed by atoms with E-state index in [1.807, 2.05) is 24.8 Å². The first kappa shape index (κ1) is 23.9. The maximum Gasteiger partial charge on any atom is 0.243 e. The highest BCUT2D eigenvalue weighted by molar-refractivity contribution is 7.89. The van der Waals surface area contributed by atoms with Crippen LogP contribution in [0, 0.1) is 26.7 Å². The minimum absolute atomic E-state index is 0.0841. The minimum atomic E-state index is -3.51. The average molecular weight is 470 g/mol. The van der Waals surface area contributed by atoms with Gasteiger partial charge in [-0.05, 0) is 68.0 Å². The Morgan fingerprint density at radius 2 is 1.52 bits per heavy atom. The van der Waals surface area contributed by atoms with Gasteiger partial charge >= 0.3 is 0 Å². The SMILES string of the molecule is Cc1ccc(S(=O)(=O)N2CCC(C(=O)N3CCN(Cc4ccccc4C)CC3)CC2)cc1C. The highest BCUT2D eigenvalue weighted by Crippen LogP contribution is 2.26. The van der Waals surface area contributed by atoms with Crippen molar-refractivity contribution in [2.75, 3.05) is 39.3 Å². The smallest absolute Gasteiger partial charge is 0.243 e. The summed E-state index contributed by atoms with van der Waals surface area (Å²) < 4.78 is 27.7. The van der Waals surface area contributed by atoms with Gasteiger partial charge in [-0.3, -0.25) is 9.69 Å². The molecule has 2 fully saturated rings. The molecule has 2 heterocycles. The number of sulfonamides is 1. The van der Waals surface area contributed by atoms with Gasteiger partial charge in [0.1, 0.15) is 0 Å². The Morgan fingerprint density at radius 1 is 0.848 bits per heavy atom. The quantitative estimate of drug-likeness (QED) is 0.674. The first-order valence-electron chi connectivity index (χ1n) is 11.9. The number of benzene rings is 2. The molecule has 178 valence electrons. The fraction of sp³-hybridized carbons (Fsp3) is 0.500. The van der Waals surface area contributed by atoms with Crippen LogP contribution in [-0.2, 0) is 21.4 Å². The molecule has 7 heteroatoms. The summed E-state index contributed by atoms with van der Waals surface area (Å²) in [7, 11) is -3.51. The monoisotopic (exact) mass is 469 g/mol. The van der Waals surface area contributed by atoms with Gasteiger partial charge in [0.15, 0.2) is 0 Å². The van der Waals surface area contributed by atoms with E-state index < -0.39 is 10.0 Å². The van der Waals surface area contributed by atoms with Crippen LogP contribution in [0.4, 0.5) is 0 Å². The van der Waals surface area contributed by atoms with Crippen molar-refractivity contribution < 1.29 is 13.2 Å². The summed E-state index contributed by atoms with van der Waals surface area (Å²) in [6.45, 7) is 11.0. The molecule has 6 nitrogen and oxygen atoms in total. The lowest BCUT2D eigenvalue weighted by Crippen LogP contribution is -2.51. The summed E-state index contributed by atoms with van der Waals surface area (Å²) >= 11 is 0. The predicted molar refractivity (Wildman–Crippen MR) is 130 cm³/mol. The molecule has 0 bridgehead atoms. The molecular formula is C26H35N3O3S. The summed E-state index contributed by atoms with van der Waals surface area (Å²) in [6, 6.07) is 13.7. The number of hydrogen-bond donors (Lipinski definition) is 0. The van der Waals surface area contributed by atoms with Crippen molar-refractivity contribution in [1.29, 1.82) is 0 Å². The third-order valence-corrected chi connectivity index (χ3v) is 9.15. The number of nitrogens with zero attached hydrogens (tertiary/aromatic N) is 3. The number of hydrogen-bond acceptors (Lipinski definition) is 4. The van der Waals surface area contributed by atoms with Crippen LogP contribution in [-0.4, -0.2) is 67.7 Å². The predicted octanol–water partition coefficient (Wildman–Crippen LogP) is 3.36. The van der Waals surface area contributed by atoms with Gasteiger partial charge in [-0.2, -0.15) is 4.31 Å². The van der Waals surface area contributed by atoms with Gasteiger partial charge in [-0.1, -0.05) is 30.3 Å². The molecule has 2 aliphatic rings. The van der Waals surface area contributed by atoms with E-state index in [1.54, 1.807) is 16.4 Å². The molecule has 33 heavy (non-hydrogen) atoms. The Morgan fingerprint density at radius 3 is 2.15 bits per heavy atom. The van der Waals surface area contributed by atoms with E-state index in [2.05, 4.69) is 36.1 Å². The van der Waals surface area contributed by atoms with Crippen molar-refractivity contribution in [2.24, 2.45) is 5.92 Å². The van der Waals surface area contributed by atoms with Crippen LogP contribution in [0.15, 0.2) is 47.4 Å². The van der Waals surface area contributed by atoms with Gasteiger partial charge in [0.05, 0.1) is 4.90 Å². The second-order valence-electron chi connectivity index (χ2n) is 9.45. The van der Waals surface area contributed by atoms with E-state index in [-0.39, 0.29) is 11.8 Å². The molecule has 2 aromatic carbocycles. The van der Waals surface area contributed by atoms with Gasteiger partial charge in [0.25, 0.3) is 0 Å². The first-order chi connectivity index (χ1) is 15.8. The highest BCUT2D eigenvalue weighted by atomic mass is 32.2. The average Bonchev–Trinajstić information content (AvgIpc) is 2.82. The van der Waals surface area contributed by atoms with E-state index >= 15 is 0 Å². The zero-order valence-electron chi connectivity index (χ0n) is 20.0. The lowest BCUT2D eigenvalue weighted by Gasteiger charge is -2.38. The summed E-state index contributed by atoms with van der Waals surface area (Å²) in [5.41, 5.74) is 4.70. The molecule has 0 radical (unpaired) electrons. The van der Waals surface area contributed by atoms with Gasteiger partial charge in [-0.15, -0.1) is 0 Å². The molecule has 0 aliphatic carbocycles. The Bertz CT molecular complexity index is 1100. The number of amides is 1. The normalized spacial score (nSPS) is 19.1. The number of rotatable bonds is 5. The lowest BCUT2D eigenvalue weighted by atomic mass is 9.96. The zero-order valence-corrected chi connectivity index (χ0v) is 20.8.